The molecule has 0 aromatic carbocycles. The Morgan fingerprint density at radius 1 is 0.810 bits per heavy atom. The average molecular weight is 295 g/mol. The van der Waals surface area contributed by atoms with Gasteiger partial charge in [0, 0.05) is 18.6 Å². The lowest BCUT2D eigenvalue weighted by Gasteiger charge is -2.41. The first-order chi connectivity index (χ1) is 9.63. The largest absolute Gasteiger partial charge is 0.303 e. The van der Waals surface area contributed by atoms with Gasteiger partial charge in [-0.2, -0.15) is 0 Å². The molecule has 2 saturated heterocycles. The van der Waals surface area contributed by atoms with Gasteiger partial charge in [0.05, 0.1) is 0 Å². The van der Waals surface area contributed by atoms with Gasteiger partial charge in [0.15, 0.2) is 0 Å². The summed E-state index contributed by atoms with van der Waals surface area (Å²) in [5, 5.41) is 0. The summed E-state index contributed by atoms with van der Waals surface area (Å²) >= 11 is 0. The summed E-state index contributed by atoms with van der Waals surface area (Å²) in [4.78, 5) is 5.37. The molecular formula is C19H38N2. The zero-order chi connectivity index (χ0) is 15.7. The highest BCUT2D eigenvalue weighted by atomic mass is 15.2. The molecule has 0 N–H and O–H groups in total. The highest BCUT2D eigenvalue weighted by Gasteiger charge is 2.31. The molecular weight excluding hydrogens is 256 g/mol. The van der Waals surface area contributed by atoms with Gasteiger partial charge in [-0.3, -0.25) is 4.90 Å². The van der Waals surface area contributed by atoms with Crippen molar-refractivity contribution in [3.05, 3.63) is 0 Å². The van der Waals surface area contributed by atoms with Crippen molar-refractivity contribution in [3.63, 3.8) is 0 Å². The van der Waals surface area contributed by atoms with E-state index >= 15 is 0 Å². The molecule has 0 bridgehead atoms. The number of piperidine rings is 1. The van der Waals surface area contributed by atoms with E-state index in [1.165, 1.54) is 58.4 Å². The molecule has 1 unspecified atom stereocenters. The molecule has 2 aliphatic rings. The maximum Gasteiger partial charge on any atom is 0.0125 e. The lowest BCUT2D eigenvalue weighted by atomic mass is 9.85. The lowest BCUT2D eigenvalue weighted by Crippen LogP contribution is -2.46. The molecule has 2 fully saturated rings. The fourth-order valence-corrected chi connectivity index (χ4v) is 4.23. The van der Waals surface area contributed by atoms with Crippen LogP contribution < -0.4 is 0 Å². The van der Waals surface area contributed by atoms with Crippen LogP contribution in [0.15, 0.2) is 0 Å². The zero-order valence-electron chi connectivity index (χ0n) is 15.4. The van der Waals surface area contributed by atoms with Crippen LogP contribution in [0.1, 0.15) is 67.2 Å². The summed E-state index contributed by atoms with van der Waals surface area (Å²) in [6.07, 6.45) is 5.77. The highest BCUT2D eigenvalue weighted by Crippen LogP contribution is 2.32. The van der Waals surface area contributed by atoms with E-state index in [0.717, 1.165) is 11.8 Å². The summed E-state index contributed by atoms with van der Waals surface area (Å²) in [5.74, 6) is 1.96. The Hall–Kier alpha value is -0.0800. The first-order valence-corrected chi connectivity index (χ1v) is 9.11. The molecule has 0 radical (unpaired) electrons. The van der Waals surface area contributed by atoms with Crippen molar-refractivity contribution in [2.45, 2.75) is 72.8 Å². The number of hydrogen-bond donors (Lipinski definition) is 0. The van der Waals surface area contributed by atoms with Crippen molar-refractivity contribution in [2.75, 3.05) is 32.7 Å². The van der Waals surface area contributed by atoms with E-state index in [-0.39, 0.29) is 0 Å². The fourth-order valence-electron chi connectivity index (χ4n) is 4.23. The summed E-state index contributed by atoms with van der Waals surface area (Å²) < 4.78 is 0. The van der Waals surface area contributed by atoms with Crippen LogP contribution >= 0.6 is 0 Å². The average Bonchev–Trinajstić information content (AvgIpc) is 2.73. The molecule has 0 saturated carbocycles. The molecule has 1 atom stereocenters. The lowest BCUT2D eigenvalue weighted by molar-refractivity contribution is 0.0807. The van der Waals surface area contributed by atoms with E-state index < -0.39 is 0 Å². The molecule has 0 aliphatic carbocycles. The third-order valence-electron chi connectivity index (χ3n) is 5.30. The maximum absolute atomic E-state index is 2.70. The van der Waals surface area contributed by atoms with Gasteiger partial charge in [0.2, 0.25) is 0 Å². The summed E-state index contributed by atoms with van der Waals surface area (Å²) in [7, 11) is 0. The van der Waals surface area contributed by atoms with E-state index in [9.17, 15) is 0 Å². The SMILES string of the molecule is CC(C)(C)CN1CCC(CC2CCN(C(C)(C)C)CC2)C1. The Morgan fingerprint density at radius 2 is 1.38 bits per heavy atom. The molecule has 0 amide bonds. The number of hydrogen-bond acceptors (Lipinski definition) is 2. The highest BCUT2D eigenvalue weighted by molar-refractivity contribution is 4.85. The molecule has 0 aromatic rings. The van der Waals surface area contributed by atoms with Gasteiger partial charge in [-0.05, 0) is 83.3 Å². The minimum absolute atomic E-state index is 0.363. The van der Waals surface area contributed by atoms with Gasteiger partial charge in [-0.1, -0.05) is 20.8 Å². The van der Waals surface area contributed by atoms with Crippen molar-refractivity contribution >= 4 is 0 Å². The molecule has 2 aliphatic heterocycles. The van der Waals surface area contributed by atoms with Crippen LogP contribution in [0.2, 0.25) is 0 Å². The van der Waals surface area contributed by atoms with Crippen LogP contribution in [0, 0.1) is 17.3 Å². The topological polar surface area (TPSA) is 6.48 Å². The monoisotopic (exact) mass is 294 g/mol. The van der Waals surface area contributed by atoms with E-state index in [0.29, 0.717) is 11.0 Å². The first kappa shape index (κ1) is 17.3. The number of rotatable bonds is 3. The molecule has 124 valence electrons. The van der Waals surface area contributed by atoms with E-state index in [4.69, 9.17) is 0 Å². The standard InChI is InChI=1S/C19H38N2/c1-18(2,3)15-20-10-7-17(14-20)13-16-8-11-21(12-9-16)19(4,5)6/h16-17H,7-15H2,1-6H3. The van der Waals surface area contributed by atoms with Crippen molar-refractivity contribution < 1.29 is 0 Å². The van der Waals surface area contributed by atoms with Crippen LogP contribution in [-0.4, -0.2) is 48.1 Å². The predicted molar refractivity (Wildman–Crippen MR) is 92.7 cm³/mol. The second-order valence-corrected chi connectivity index (χ2v) is 9.79. The van der Waals surface area contributed by atoms with Crippen molar-refractivity contribution in [1.82, 2.24) is 9.80 Å². The second-order valence-electron chi connectivity index (χ2n) is 9.79. The normalized spacial score (nSPS) is 27.4. The Labute approximate surface area is 133 Å². The molecule has 2 nitrogen and oxygen atoms in total. The quantitative estimate of drug-likeness (QED) is 0.767. The molecule has 2 rings (SSSR count). The Balaban J connectivity index is 1.70. The van der Waals surface area contributed by atoms with Crippen LogP contribution in [-0.2, 0) is 0 Å². The summed E-state index contributed by atoms with van der Waals surface area (Å²) in [6.45, 7) is 20.7. The third kappa shape index (κ3) is 5.56. The van der Waals surface area contributed by atoms with Gasteiger partial charge >= 0.3 is 0 Å². The smallest absolute Gasteiger partial charge is 0.0125 e. The van der Waals surface area contributed by atoms with Gasteiger partial charge in [0.25, 0.3) is 0 Å². The molecule has 2 heterocycles. The van der Waals surface area contributed by atoms with Crippen molar-refractivity contribution in [1.29, 1.82) is 0 Å². The van der Waals surface area contributed by atoms with E-state index in [2.05, 4.69) is 51.3 Å². The van der Waals surface area contributed by atoms with Crippen LogP contribution in [0.25, 0.3) is 0 Å². The van der Waals surface area contributed by atoms with E-state index in [1.807, 2.05) is 0 Å². The van der Waals surface area contributed by atoms with E-state index in [1.54, 1.807) is 0 Å². The Kier molecular flexibility index (Phi) is 5.41. The minimum atomic E-state index is 0.363. The van der Waals surface area contributed by atoms with Crippen molar-refractivity contribution in [3.8, 4) is 0 Å². The maximum atomic E-state index is 2.70. The van der Waals surface area contributed by atoms with Gasteiger partial charge in [-0.15, -0.1) is 0 Å². The van der Waals surface area contributed by atoms with Crippen LogP contribution in [0.3, 0.4) is 0 Å². The second kappa shape index (κ2) is 6.58. The minimum Gasteiger partial charge on any atom is -0.303 e. The summed E-state index contributed by atoms with van der Waals surface area (Å²) in [6, 6.07) is 0. The Bertz CT molecular complexity index is 315. The third-order valence-corrected chi connectivity index (χ3v) is 5.30. The van der Waals surface area contributed by atoms with Crippen LogP contribution in [0.5, 0.6) is 0 Å². The number of nitrogens with zero attached hydrogens (tertiary/aromatic N) is 2. The fraction of sp³-hybridized carbons (Fsp3) is 1.00. The van der Waals surface area contributed by atoms with Gasteiger partial charge in [-0.25, -0.2) is 0 Å². The molecule has 21 heavy (non-hydrogen) atoms. The van der Waals surface area contributed by atoms with Crippen LogP contribution in [0.4, 0.5) is 0 Å². The predicted octanol–water partition coefficient (Wildman–Crippen LogP) is 4.26. The molecule has 2 heteroatoms. The summed E-state index contributed by atoms with van der Waals surface area (Å²) in [5.41, 5.74) is 0.814. The molecule has 0 spiro atoms. The molecule has 0 aromatic heterocycles. The van der Waals surface area contributed by atoms with Gasteiger partial charge < -0.3 is 4.90 Å². The zero-order valence-corrected chi connectivity index (χ0v) is 15.4. The van der Waals surface area contributed by atoms with Gasteiger partial charge in [0.1, 0.15) is 0 Å². The van der Waals surface area contributed by atoms with Crippen molar-refractivity contribution in [2.24, 2.45) is 17.3 Å². The number of likely N-dealkylation sites (tertiary alicyclic amines) is 2. The first-order valence-electron chi connectivity index (χ1n) is 9.11. The Morgan fingerprint density at radius 3 is 1.90 bits per heavy atom.